The number of rotatable bonds is 3. The summed E-state index contributed by atoms with van der Waals surface area (Å²) in [6, 6.07) is 17.2. The molecule has 4 rings (SSSR count). The van der Waals surface area contributed by atoms with Gasteiger partial charge in [-0.15, -0.1) is 0 Å². The molecule has 0 saturated carbocycles. The van der Waals surface area contributed by atoms with Crippen LogP contribution in [0.4, 0.5) is 15.8 Å². The lowest BCUT2D eigenvalue weighted by Crippen LogP contribution is -2.40. The van der Waals surface area contributed by atoms with Crippen LogP contribution in [0.1, 0.15) is 0 Å². The number of hydrogen-bond acceptors (Lipinski definition) is 3. The minimum atomic E-state index is -3.96. The first kappa shape index (κ1) is 18.6. The van der Waals surface area contributed by atoms with E-state index in [9.17, 15) is 17.6 Å². The number of halogens is 2. The summed E-state index contributed by atoms with van der Waals surface area (Å²) in [6.07, 6.45) is 0. The highest BCUT2D eigenvalue weighted by atomic mass is 79.9. The molecule has 0 unspecified atom stereocenters. The van der Waals surface area contributed by atoms with Crippen molar-refractivity contribution in [2.45, 2.75) is 4.90 Å². The van der Waals surface area contributed by atoms with E-state index >= 15 is 0 Å². The number of fused-ring (bicyclic) bond motifs is 3. The number of sulfonamides is 1. The van der Waals surface area contributed by atoms with Crippen molar-refractivity contribution in [1.29, 1.82) is 0 Å². The third-order valence-corrected chi connectivity index (χ3v) is 6.68. The SMILES string of the molecule is O=C(CN1c2ccc(F)cc2-c2ccccc2S1(=O)=O)Nc1cccc(Br)c1. The summed E-state index contributed by atoms with van der Waals surface area (Å²) < 4.78 is 41.9. The van der Waals surface area contributed by atoms with Gasteiger partial charge in [0.05, 0.1) is 10.6 Å². The third-order valence-electron chi connectivity index (χ3n) is 4.37. The molecule has 1 heterocycles. The molecule has 0 saturated heterocycles. The van der Waals surface area contributed by atoms with Crippen LogP contribution in [-0.2, 0) is 14.8 Å². The molecule has 0 aromatic heterocycles. The van der Waals surface area contributed by atoms with E-state index in [-0.39, 0.29) is 10.6 Å². The molecule has 1 N–H and O–H groups in total. The second kappa shape index (κ2) is 7.03. The summed E-state index contributed by atoms with van der Waals surface area (Å²) in [5, 5.41) is 2.68. The van der Waals surface area contributed by atoms with Gasteiger partial charge in [-0.05, 0) is 42.5 Å². The Kier molecular flexibility index (Phi) is 4.68. The standard InChI is InChI=1S/C20H14BrFN2O3S/c21-13-4-3-5-15(10-13)23-20(25)12-24-18-9-8-14(22)11-17(18)16-6-1-2-7-19(16)28(24,26)27/h1-11H,12H2,(H,23,25). The summed E-state index contributed by atoms with van der Waals surface area (Å²) >= 11 is 3.32. The van der Waals surface area contributed by atoms with Crippen molar-refractivity contribution < 1.29 is 17.6 Å². The lowest BCUT2D eigenvalue weighted by Gasteiger charge is -2.31. The third kappa shape index (κ3) is 3.29. The number of nitrogens with one attached hydrogen (secondary N) is 1. The Labute approximate surface area is 170 Å². The summed E-state index contributed by atoms with van der Waals surface area (Å²) in [5.41, 5.74) is 1.65. The van der Waals surface area contributed by atoms with Crippen molar-refractivity contribution in [2.24, 2.45) is 0 Å². The van der Waals surface area contributed by atoms with Crippen LogP contribution in [0, 0.1) is 5.82 Å². The molecule has 5 nitrogen and oxygen atoms in total. The van der Waals surface area contributed by atoms with Gasteiger partial charge < -0.3 is 5.32 Å². The Morgan fingerprint density at radius 2 is 1.79 bits per heavy atom. The molecule has 0 aliphatic carbocycles. The number of benzene rings is 3. The van der Waals surface area contributed by atoms with Gasteiger partial charge in [0, 0.05) is 21.3 Å². The first-order valence-electron chi connectivity index (χ1n) is 8.33. The van der Waals surface area contributed by atoms with E-state index in [1.165, 1.54) is 24.3 Å². The van der Waals surface area contributed by atoms with E-state index in [2.05, 4.69) is 21.2 Å². The Hall–Kier alpha value is -2.71. The van der Waals surface area contributed by atoms with Crippen molar-refractivity contribution in [1.82, 2.24) is 0 Å². The van der Waals surface area contributed by atoms with Crippen LogP contribution in [0.25, 0.3) is 11.1 Å². The number of carbonyl (C=O) groups is 1. The maximum atomic E-state index is 13.8. The van der Waals surface area contributed by atoms with E-state index in [1.54, 1.807) is 36.4 Å². The van der Waals surface area contributed by atoms with Crippen molar-refractivity contribution in [3.05, 3.63) is 77.0 Å². The van der Waals surface area contributed by atoms with Gasteiger partial charge in [0.1, 0.15) is 12.4 Å². The average molecular weight is 461 g/mol. The van der Waals surface area contributed by atoms with E-state index in [1.807, 2.05) is 6.07 Å². The number of anilines is 2. The number of carbonyl (C=O) groups excluding carboxylic acids is 1. The molecule has 0 spiro atoms. The van der Waals surface area contributed by atoms with Gasteiger partial charge in [-0.2, -0.15) is 0 Å². The number of hydrogen-bond donors (Lipinski definition) is 1. The topological polar surface area (TPSA) is 66.5 Å². The van der Waals surface area contributed by atoms with Gasteiger partial charge in [0.2, 0.25) is 5.91 Å². The Morgan fingerprint density at radius 3 is 2.57 bits per heavy atom. The lowest BCUT2D eigenvalue weighted by atomic mass is 10.0. The fraction of sp³-hybridized carbons (Fsp3) is 0.0500. The van der Waals surface area contributed by atoms with Crippen LogP contribution in [0.3, 0.4) is 0 Å². The highest BCUT2D eigenvalue weighted by molar-refractivity contribution is 9.10. The number of nitrogens with zero attached hydrogens (tertiary/aromatic N) is 1. The highest BCUT2D eigenvalue weighted by Gasteiger charge is 2.36. The predicted octanol–water partition coefficient (Wildman–Crippen LogP) is 4.40. The lowest BCUT2D eigenvalue weighted by molar-refractivity contribution is -0.114. The molecule has 0 bridgehead atoms. The molecule has 0 radical (unpaired) electrons. The maximum absolute atomic E-state index is 13.8. The number of amides is 1. The summed E-state index contributed by atoms with van der Waals surface area (Å²) in [7, 11) is -3.96. The fourth-order valence-corrected chi connectivity index (χ4v) is 5.22. The van der Waals surface area contributed by atoms with E-state index in [0.29, 0.717) is 16.8 Å². The van der Waals surface area contributed by atoms with Crippen molar-refractivity contribution in [3.8, 4) is 11.1 Å². The minimum absolute atomic E-state index is 0.0448. The monoisotopic (exact) mass is 460 g/mol. The Morgan fingerprint density at radius 1 is 1.00 bits per heavy atom. The zero-order valence-corrected chi connectivity index (χ0v) is 16.8. The molecule has 3 aromatic rings. The van der Waals surface area contributed by atoms with Crippen LogP contribution in [-0.4, -0.2) is 20.9 Å². The van der Waals surface area contributed by atoms with Crippen molar-refractivity contribution in [3.63, 3.8) is 0 Å². The molecule has 142 valence electrons. The van der Waals surface area contributed by atoms with Crippen LogP contribution < -0.4 is 9.62 Å². The molecule has 0 fully saturated rings. The van der Waals surface area contributed by atoms with E-state index < -0.39 is 28.3 Å². The molecular weight excluding hydrogens is 447 g/mol. The Balaban J connectivity index is 1.74. The van der Waals surface area contributed by atoms with Gasteiger partial charge in [-0.25, -0.2) is 12.8 Å². The van der Waals surface area contributed by atoms with Crippen LogP contribution >= 0.6 is 15.9 Å². The maximum Gasteiger partial charge on any atom is 0.265 e. The summed E-state index contributed by atoms with van der Waals surface area (Å²) in [5.74, 6) is -0.984. The zero-order chi connectivity index (χ0) is 19.9. The van der Waals surface area contributed by atoms with Crippen LogP contribution in [0.15, 0.2) is 76.1 Å². The largest absolute Gasteiger partial charge is 0.324 e. The summed E-state index contributed by atoms with van der Waals surface area (Å²) in [6.45, 7) is -0.429. The second-order valence-corrected chi connectivity index (χ2v) is 8.97. The van der Waals surface area contributed by atoms with E-state index in [0.717, 1.165) is 8.78 Å². The average Bonchev–Trinajstić information content (AvgIpc) is 2.65. The zero-order valence-electron chi connectivity index (χ0n) is 14.4. The molecule has 1 aliphatic heterocycles. The first-order valence-corrected chi connectivity index (χ1v) is 10.6. The normalized spacial score (nSPS) is 14.1. The summed E-state index contributed by atoms with van der Waals surface area (Å²) in [4.78, 5) is 12.6. The molecule has 8 heteroatoms. The minimum Gasteiger partial charge on any atom is -0.324 e. The van der Waals surface area contributed by atoms with Gasteiger partial charge in [0.15, 0.2) is 0 Å². The highest BCUT2D eigenvalue weighted by Crippen LogP contribution is 2.43. The van der Waals surface area contributed by atoms with Gasteiger partial charge >= 0.3 is 0 Å². The van der Waals surface area contributed by atoms with E-state index in [4.69, 9.17) is 0 Å². The van der Waals surface area contributed by atoms with Crippen LogP contribution in [0.5, 0.6) is 0 Å². The molecular formula is C20H14BrFN2O3S. The molecule has 28 heavy (non-hydrogen) atoms. The van der Waals surface area contributed by atoms with Crippen molar-refractivity contribution in [2.75, 3.05) is 16.2 Å². The Bertz CT molecular complexity index is 1200. The predicted molar refractivity (Wildman–Crippen MR) is 109 cm³/mol. The smallest absolute Gasteiger partial charge is 0.265 e. The quantitative estimate of drug-likeness (QED) is 0.629. The molecule has 1 aliphatic rings. The molecule has 3 aromatic carbocycles. The van der Waals surface area contributed by atoms with Gasteiger partial charge in [-0.1, -0.05) is 40.2 Å². The van der Waals surface area contributed by atoms with Crippen molar-refractivity contribution >= 4 is 43.2 Å². The molecule has 0 atom stereocenters. The molecule has 1 amide bonds. The van der Waals surface area contributed by atoms with Gasteiger partial charge in [0.25, 0.3) is 10.0 Å². The fourth-order valence-electron chi connectivity index (χ4n) is 3.17. The van der Waals surface area contributed by atoms with Gasteiger partial charge in [-0.3, -0.25) is 9.10 Å². The van der Waals surface area contributed by atoms with Crippen LogP contribution in [0.2, 0.25) is 0 Å². The first-order chi connectivity index (χ1) is 13.4. The second-order valence-electron chi connectivity index (χ2n) is 6.23.